The Hall–Kier alpha value is -1.27. The maximum Gasteiger partial charge on any atom is 0.262 e. The van der Waals surface area contributed by atoms with E-state index in [0.717, 1.165) is 12.8 Å². The van der Waals surface area contributed by atoms with Crippen LogP contribution < -0.4 is 14.8 Å². The van der Waals surface area contributed by atoms with Crippen LogP contribution in [0.15, 0.2) is 12.1 Å². The van der Waals surface area contributed by atoms with Crippen molar-refractivity contribution >= 4 is 27.5 Å². The highest BCUT2D eigenvalue weighted by molar-refractivity contribution is 9.09. The Morgan fingerprint density at radius 1 is 1.55 bits per heavy atom. The molecule has 20 heavy (non-hydrogen) atoms. The molecule has 1 amide bonds. The summed E-state index contributed by atoms with van der Waals surface area (Å²) < 4.78 is 11.1. The number of carbonyl (C=O) groups is 1. The molecule has 2 N–H and O–H groups in total. The summed E-state index contributed by atoms with van der Waals surface area (Å²) in [6.07, 6.45) is 1.28. The number of alkyl halides is 1. The molecule has 2 rings (SSSR count). The predicted molar refractivity (Wildman–Crippen MR) is 79.7 cm³/mol. The van der Waals surface area contributed by atoms with E-state index in [2.05, 4.69) is 28.2 Å². The monoisotopic (exact) mass is 343 g/mol. The number of anilines is 1. The Morgan fingerprint density at radius 3 is 3.05 bits per heavy atom. The van der Waals surface area contributed by atoms with E-state index in [1.165, 1.54) is 0 Å². The average Bonchev–Trinajstić information content (AvgIpc) is 2.45. The van der Waals surface area contributed by atoms with Gasteiger partial charge < -0.3 is 19.9 Å². The lowest BCUT2D eigenvalue weighted by Gasteiger charge is -2.23. The van der Waals surface area contributed by atoms with Gasteiger partial charge in [0.1, 0.15) is 11.5 Å². The van der Waals surface area contributed by atoms with Crippen LogP contribution in [0.3, 0.4) is 0 Å². The number of ether oxygens (including phenoxy) is 2. The molecule has 0 unspecified atom stereocenters. The SMILES string of the molecule is CCCCOc1cc2c(c([C@@H](O)CBr)c1)OCC(=O)N2. The first-order valence-electron chi connectivity index (χ1n) is 6.63. The quantitative estimate of drug-likeness (QED) is 0.615. The highest BCUT2D eigenvalue weighted by atomic mass is 79.9. The fourth-order valence-corrected chi connectivity index (χ4v) is 2.30. The zero-order chi connectivity index (χ0) is 14.5. The number of hydrogen-bond acceptors (Lipinski definition) is 4. The molecule has 0 spiro atoms. The first-order chi connectivity index (χ1) is 9.65. The fourth-order valence-electron chi connectivity index (χ4n) is 1.95. The second-order valence-corrected chi connectivity index (χ2v) is 5.25. The van der Waals surface area contributed by atoms with E-state index in [4.69, 9.17) is 9.47 Å². The van der Waals surface area contributed by atoms with Crippen molar-refractivity contribution < 1.29 is 19.4 Å². The second-order valence-electron chi connectivity index (χ2n) is 4.60. The molecule has 1 aliphatic rings. The molecule has 0 saturated carbocycles. The van der Waals surface area contributed by atoms with Gasteiger partial charge in [0.05, 0.1) is 18.4 Å². The number of unbranched alkanes of at least 4 members (excludes halogenated alkanes) is 1. The number of fused-ring (bicyclic) bond motifs is 1. The molecule has 0 bridgehead atoms. The first kappa shape index (κ1) is 15.1. The predicted octanol–water partition coefficient (Wildman–Crippen LogP) is 2.62. The van der Waals surface area contributed by atoms with Crippen LogP contribution in [0.1, 0.15) is 31.4 Å². The third-order valence-corrected chi connectivity index (χ3v) is 3.60. The van der Waals surface area contributed by atoms with Crippen molar-refractivity contribution in [3.05, 3.63) is 17.7 Å². The Labute approximate surface area is 126 Å². The molecule has 5 nitrogen and oxygen atoms in total. The average molecular weight is 344 g/mol. The summed E-state index contributed by atoms with van der Waals surface area (Å²) in [7, 11) is 0. The van der Waals surface area contributed by atoms with Crippen LogP contribution in [0, 0.1) is 0 Å². The van der Waals surface area contributed by atoms with Crippen molar-refractivity contribution in [2.75, 3.05) is 23.9 Å². The minimum atomic E-state index is -0.714. The summed E-state index contributed by atoms with van der Waals surface area (Å²) in [5.74, 6) is 0.930. The standard InChI is InChI=1S/C14H18BrNO4/c1-2-3-4-19-9-5-10(12(17)7-15)14-11(6-9)16-13(18)8-20-14/h5-6,12,17H,2-4,7-8H2,1H3,(H,16,18)/t12-/m0/s1. The van der Waals surface area contributed by atoms with Crippen molar-refractivity contribution in [3.63, 3.8) is 0 Å². The van der Waals surface area contributed by atoms with Gasteiger partial charge in [-0.1, -0.05) is 29.3 Å². The van der Waals surface area contributed by atoms with E-state index in [1.807, 2.05) is 0 Å². The number of amides is 1. The van der Waals surface area contributed by atoms with Gasteiger partial charge >= 0.3 is 0 Å². The Kier molecular flexibility index (Phi) is 5.25. The minimum absolute atomic E-state index is 0.0367. The van der Waals surface area contributed by atoms with Crippen molar-refractivity contribution in [2.24, 2.45) is 0 Å². The fraction of sp³-hybridized carbons (Fsp3) is 0.500. The van der Waals surface area contributed by atoms with Crippen molar-refractivity contribution in [2.45, 2.75) is 25.9 Å². The summed E-state index contributed by atoms with van der Waals surface area (Å²) in [6.45, 7) is 2.66. The normalized spacial score (nSPS) is 15.1. The summed E-state index contributed by atoms with van der Waals surface area (Å²) >= 11 is 3.25. The van der Waals surface area contributed by atoms with Crippen molar-refractivity contribution in [3.8, 4) is 11.5 Å². The molecule has 1 aliphatic heterocycles. The van der Waals surface area contributed by atoms with E-state index < -0.39 is 6.10 Å². The van der Waals surface area contributed by atoms with Crippen LogP contribution in [-0.2, 0) is 4.79 Å². The van der Waals surface area contributed by atoms with Crippen LogP contribution in [0.2, 0.25) is 0 Å². The van der Waals surface area contributed by atoms with Crippen LogP contribution in [0.4, 0.5) is 5.69 Å². The molecule has 1 heterocycles. The lowest BCUT2D eigenvalue weighted by molar-refractivity contribution is -0.118. The second kappa shape index (κ2) is 6.95. The van der Waals surface area contributed by atoms with Crippen LogP contribution in [0.5, 0.6) is 11.5 Å². The Morgan fingerprint density at radius 2 is 2.35 bits per heavy atom. The molecule has 1 aromatic rings. The number of nitrogens with one attached hydrogen (secondary N) is 1. The molecule has 110 valence electrons. The van der Waals surface area contributed by atoms with Crippen molar-refractivity contribution in [1.82, 2.24) is 0 Å². The van der Waals surface area contributed by atoms with E-state index in [0.29, 0.717) is 34.7 Å². The molecule has 0 saturated heterocycles. The third kappa shape index (κ3) is 3.43. The number of carbonyl (C=O) groups excluding carboxylic acids is 1. The largest absolute Gasteiger partial charge is 0.494 e. The highest BCUT2D eigenvalue weighted by Crippen LogP contribution is 2.39. The lowest BCUT2D eigenvalue weighted by atomic mass is 10.1. The molecule has 0 aliphatic carbocycles. The molecular weight excluding hydrogens is 326 g/mol. The van der Waals surface area contributed by atoms with E-state index in [1.54, 1.807) is 12.1 Å². The Balaban J connectivity index is 2.31. The molecule has 6 heteroatoms. The third-order valence-electron chi connectivity index (χ3n) is 2.98. The van der Waals surface area contributed by atoms with Crippen LogP contribution >= 0.6 is 15.9 Å². The van der Waals surface area contributed by atoms with Gasteiger partial charge in [0.25, 0.3) is 5.91 Å². The minimum Gasteiger partial charge on any atom is -0.494 e. The molecule has 1 aromatic carbocycles. The van der Waals surface area contributed by atoms with Gasteiger partial charge in [0.2, 0.25) is 0 Å². The molecule has 1 atom stereocenters. The van der Waals surface area contributed by atoms with Gasteiger partial charge in [0.15, 0.2) is 6.61 Å². The maximum absolute atomic E-state index is 11.4. The summed E-state index contributed by atoms with van der Waals surface area (Å²) in [4.78, 5) is 11.4. The van der Waals surface area contributed by atoms with Crippen LogP contribution in [-0.4, -0.2) is 29.6 Å². The van der Waals surface area contributed by atoms with Gasteiger partial charge in [-0.2, -0.15) is 0 Å². The first-order valence-corrected chi connectivity index (χ1v) is 7.75. The van der Waals surface area contributed by atoms with Gasteiger partial charge in [-0.15, -0.1) is 0 Å². The van der Waals surface area contributed by atoms with Gasteiger partial charge in [0, 0.05) is 17.0 Å². The lowest BCUT2D eigenvalue weighted by Crippen LogP contribution is -2.26. The topological polar surface area (TPSA) is 67.8 Å². The maximum atomic E-state index is 11.4. The van der Waals surface area contributed by atoms with E-state index >= 15 is 0 Å². The van der Waals surface area contributed by atoms with Gasteiger partial charge in [-0.25, -0.2) is 0 Å². The summed E-state index contributed by atoms with van der Waals surface area (Å²) in [5, 5.41) is 13.2. The summed E-state index contributed by atoms with van der Waals surface area (Å²) in [5.41, 5.74) is 1.16. The number of halogens is 1. The smallest absolute Gasteiger partial charge is 0.262 e. The highest BCUT2D eigenvalue weighted by Gasteiger charge is 2.24. The number of hydrogen-bond donors (Lipinski definition) is 2. The summed E-state index contributed by atoms with van der Waals surface area (Å²) in [6, 6.07) is 3.49. The molecular formula is C14H18BrNO4. The zero-order valence-corrected chi connectivity index (χ0v) is 12.9. The van der Waals surface area contributed by atoms with Gasteiger partial charge in [-0.3, -0.25) is 4.79 Å². The Bertz CT molecular complexity index is 492. The van der Waals surface area contributed by atoms with Gasteiger partial charge in [-0.05, 0) is 12.5 Å². The number of aliphatic hydroxyl groups excluding tert-OH is 1. The molecule has 0 aromatic heterocycles. The molecule has 0 fully saturated rings. The molecule has 0 radical (unpaired) electrons. The van der Waals surface area contributed by atoms with E-state index in [-0.39, 0.29) is 12.5 Å². The zero-order valence-electron chi connectivity index (χ0n) is 11.3. The van der Waals surface area contributed by atoms with E-state index in [9.17, 15) is 9.90 Å². The number of rotatable bonds is 6. The number of aliphatic hydroxyl groups is 1. The van der Waals surface area contributed by atoms with Crippen molar-refractivity contribution in [1.29, 1.82) is 0 Å². The number of benzene rings is 1. The van der Waals surface area contributed by atoms with Crippen LogP contribution in [0.25, 0.3) is 0 Å².